The fourth-order valence-corrected chi connectivity index (χ4v) is 1.91. The molecule has 5 nitrogen and oxygen atoms in total. The summed E-state index contributed by atoms with van der Waals surface area (Å²) in [7, 11) is 0. The summed E-state index contributed by atoms with van der Waals surface area (Å²) in [5, 5.41) is 18.8. The van der Waals surface area contributed by atoms with E-state index in [0.29, 0.717) is 11.3 Å². The monoisotopic (exact) mass is 286 g/mol. The van der Waals surface area contributed by atoms with Crippen LogP contribution < -0.4 is 4.74 Å². The number of carbonyl (C=O) groups excluding carboxylic acids is 1. The predicted octanol–water partition coefficient (Wildman–Crippen LogP) is 2.87. The van der Waals surface area contributed by atoms with Gasteiger partial charge in [-0.15, -0.1) is 0 Å². The van der Waals surface area contributed by atoms with Crippen molar-refractivity contribution >= 4 is 11.8 Å². The van der Waals surface area contributed by atoms with Crippen LogP contribution in [-0.2, 0) is 6.61 Å². The second-order valence-corrected chi connectivity index (χ2v) is 4.49. The molecule has 5 heteroatoms. The Hall–Kier alpha value is -2.82. The summed E-state index contributed by atoms with van der Waals surface area (Å²) in [4.78, 5) is 22.3. The predicted molar refractivity (Wildman–Crippen MR) is 75.8 cm³/mol. The number of carbonyl (C=O) groups is 2. The molecule has 108 valence electrons. The number of benzene rings is 2. The Labute approximate surface area is 121 Å². The largest absolute Gasteiger partial charge is 0.507 e. The van der Waals surface area contributed by atoms with E-state index in [9.17, 15) is 14.7 Å². The van der Waals surface area contributed by atoms with Gasteiger partial charge in [0.1, 0.15) is 18.1 Å². The van der Waals surface area contributed by atoms with Gasteiger partial charge in [0.05, 0.1) is 11.1 Å². The van der Waals surface area contributed by atoms with Crippen LogP contribution in [-0.4, -0.2) is 22.0 Å². The molecular formula is C16H14O5. The molecule has 0 radical (unpaired) electrons. The third kappa shape index (κ3) is 3.39. The number of ketones is 1. The minimum absolute atomic E-state index is 0.0569. The Morgan fingerprint density at radius 3 is 2.43 bits per heavy atom. The molecule has 0 spiro atoms. The zero-order chi connectivity index (χ0) is 15.4. The maximum Gasteiger partial charge on any atom is 0.336 e. The van der Waals surface area contributed by atoms with Gasteiger partial charge in [-0.25, -0.2) is 4.79 Å². The van der Waals surface area contributed by atoms with Crippen LogP contribution in [0.2, 0.25) is 0 Å². The van der Waals surface area contributed by atoms with Crippen molar-refractivity contribution in [3.05, 3.63) is 59.2 Å². The lowest BCUT2D eigenvalue weighted by molar-refractivity contribution is 0.0693. The number of hydrogen-bond acceptors (Lipinski definition) is 4. The van der Waals surface area contributed by atoms with Crippen molar-refractivity contribution in [3.63, 3.8) is 0 Å². The second kappa shape index (κ2) is 6.09. The molecule has 2 aromatic rings. The maximum atomic E-state index is 11.2. The molecule has 0 atom stereocenters. The summed E-state index contributed by atoms with van der Waals surface area (Å²) in [5.74, 6) is -1.07. The number of aromatic carboxylic acids is 1. The molecule has 0 aliphatic heterocycles. The minimum Gasteiger partial charge on any atom is -0.507 e. The molecule has 0 fully saturated rings. The first-order chi connectivity index (χ1) is 9.99. The van der Waals surface area contributed by atoms with Gasteiger partial charge in [-0.05, 0) is 25.1 Å². The Morgan fingerprint density at radius 2 is 1.81 bits per heavy atom. The lowest BCUT2D eigenvalue weighted by atomic mass is 10.1. The lowest BCUT2D eigenvalue weighted by Crippen LogP contribution is -2.05. The number of carboxylic acids is 1. The van der Waals surface area contributed by atoms with E-state index in [-0.39, 0.29) is 29.3 Å². The molecule has 2 N–H and O–H groups in total. The van der Waals surface area contributed by atoms with Crippen molar-refractivity contribution in [2.45, 2.75) is 13.5 Å². The first-order valence-electron chi connectivity index (χ1n) is 6.27. The van der Waals surface area contributed by atoms with Gasteiger partial charge in [-0.3, -0.25) is 4.79 Å². The van der Waals surface area contributed by atoms with Gasteiger partial charge < -0.3 is 14.9 Å². The minimum atomic E-state index is -1.02. The Bertz CT molecular complexity index is 691. The molecule has 0 bridgehead atoms. The van der Waals surface area contributed by atoms with E-state index >= 15 is 0 Å². The fraction of sp³-hybridized carbons (Fsp3) is 0.125. The highest BCUT2D eigenvalue weighted by Gasteiger charge is 2.11. The molecule has 2 rings (SSSR count). The van der Waals surface area contributed by atoms with E-state index in [2.05, 4.69) is 0 Å². The van der Waals surface area contributed by atoms with E-state index in [1.165, 1.54) is 25.1 Å². The summed E-state index contributed by atoms with van der Waals surface area (Å²) in [6.07, 6.45) is 0. The molecule has 0 saturated carbocycles. The highest BCUT2D eigenvalue weighted by atomic mass is 16.5. The third-order valence-electron chi connectivity index (χ3n) is 2.99. The number of phenolic OH excluding ortho intramolecular Hbond substituents is 1. The van der Waals surface area contributed by atoms with Gasteiger partial charge in [-0.1, -0.05) is 18.2 Å². The summed E-state index contributed by atoms with van der Waals surface area (Å²) >= 11 is 0. The molecule has 0 aliphatic carbocycles. The SMILES string of the molecule is CC(=O)c1ccc(OCc2ccccc2C(=O)O)cc1O. The van der Waals surface area contributed by atoms with Gasteiger partial charge in [-0.2, -0.15) is 0 Å². The molecule has 2 aromatic carbocycles. The van der Waals surface area contributed by atoms with Gasteiger partial charge >= 0.3 is 5.97 Å². The molecule has 0 aromatic heterocycles. The van der Waals surface area contributed by atoms with E-state index in [1.54, 1.807) is 24.3 Å². The fourth-order valence-electron chi connectivity index (χ4n) is 1.91. The Kier molecular flexibility index (Phi) is 4.23. The first-order valence-corrected chi connectivity index (χ1v) is 6.27. The van der Waals surface area contributed by atoms with E-state index < -0.39 is 5.97 Å². The molecular weight excluding hydrogens is 272 g/mol. The lowest BCUT2D eigenvalue weighted by Gasteiger charge is -2.10. The van der Waals surface area contributed by atoms with E-state index in [4.69, 9.17) is 9.84 Å². The van der Waals surface area contributed by atoms with Crippen molar-refractivity contribution in [2.24, 2.45) is 0 Å². The molecule has 0 heterocycles. The zero-order valence-electron chi connectivity index (χ0n) is 11.4. The molecule has 0 aliphatic rings. The Balaban J connectivity index is 2.16. The van der Waals surface area contributed by atoms with Gasteiger partial charge in [0.2, 0.25) is 0 Å². The number of Topliss-reactive ketones (excluding diaryl/α,β-unsaturated/α-hetero) is 1. The topological polar surface area (TPSA) is 83.8 Å². The van der Waals surface area contributed by atoms with Crippen LogP contribution in [0.25, 0.3) is 0 Å². The van der Waals surface area contributed by atoms with Crippen molar-refractivity contribution in [2.75, 3.05) is 0 Å². The number of phenols is 1. The summed E-state index contributed by atoms with van der Waals surface area (Å²) in [6.45, 7) is 1.42. The van der Waals surface area contributed by atoms with E-state index in [0.717, 1.165) is 0 Å². The third-order valence-corrected chi connectivity index (χ3v) is 2.99. The normalized spacial score (nSPS) is 10.1. The molecule has 0 saturated heterocycles. The number of rotatable bonds is 5. The van der Waals surface area contributed by atoms with Crippen molar-refractivity contribution in [1.82, 2.24) is 0 Å². The number of ether oxygens (including phenoxy) is 1. The van der Waals surface area contributed by atoms with Crippen molar-refractivity contribution in [1.29, 1.82) is 0 Å². The Morgan fingerprint density at radius 1 is 1.10 bits per heavy atom. The van der Waals surface area contributed by atoms with Crippen LogP contribution in [0.1, 0.15) is 33.2 Å². The van der Waals surface area contributed by atoms with Crippen LogP contribution in [0, 0.1) is 0 Å². The highest BCUT2D eigenvalue weighted by molar-refractivity contribution is 5.96. The van der Waals surface area contributed by atoms with Crippen molar-refractivity contribution in [3.8, 4) is 11.5 Å². The second-order valence-electron chi connectivity index (χ2n) is 4.49. The van der Waals surface area contributed by atoms with Crippen LogP contribution in [0.3, 0.4) is 0 Å². The average Bonchev–Trinajstić information content (AvgIpc) is 2.45. The quantitative estimate of drug-likeness (QED) is 0.826. The molecule has 0 unspecified atom stereocenters. The van der Waals surface area contributed by atoms with Crippen LogP contribution in [0.15, 0.2) is 42.5 Å². The molecule has 21 heavy (non-hydrogen) atoms. The van der Waals surface area contributed by atoms with Crippen molar-refractivity contribution < 1.29 is 24.5 Å². The number of aromatic hydroxyl groups is 1. The summed E-state index contributed by atoms with van der Waals surface area (Å²) < 4.78 is 5.46. The van der Waals surface area contributed by atoms with Gasteiger partial charge in [0.25, 0.3) is 0 Å². The summed E-state index contributed by atoms with van der Waals surface area (Å²) in [6, 6.07) is 10.9. The van der Waals surface area contributed by atoms with Crippen LogP contribution in [0.4, 0.5) is 0 Å². The smallest absolute Gasteiger partial charge is 0.336 e. The van der Waals surface area contributed by atoms with Crippen LogP contribution >= 0.6 is 0 Å². The van der Waals surface area contributed by atoms with Gasteiger partial charge in [0.15, 0.2) is 5.78 Å². The van der Waals surface area contributed by atoms with E-state index in [1.807, 2.05) is 0 Å². The van der Waals surface area contributed by atoms with Crippen LogP contribution in [0.5, 0.6) is 11.5 Å². The summed E-state index contributed by atoms with van der Waals surface area (Å²) in [5.41, 5.74) is 0.912. The zero-order valence-corrected chi connectivity index (χ0v) is 11.4. The average molecular weight is 286 g/mol. The van der Waals surface area contributed by atoms with Gasteiger partial charge in [0, 0.05) is 11.6 Å². The number of hydrogen-bond donors (Lipinski definition) is 2. The number of carboxylic acid groups (broad SMARTS) is 1. The standard InChI is InChI=1S/C16H14O5/c1-10(17)13-7-6-12(8-15(13)18)21-9-11-4-2-3-5-14(11)16(19)20/h2-8,18H,9H2,1H3,(H,19,20). The first kappa shape index (κ1) is 14.6. The maximum absolute atomic E-state index is 11.2. The highest BCUT2D eigenvalue weighted by Crippen LogP contribution is 2.25. The molecule has 0 amide bonds.